The van der Waals surface area contributed by atoms with Crippen molar-refractivity contribution in [3.63, 3.8) is 0 Å². The van der Waals surface area contributed by atoms with Crippen LogP contribution in [0.3, 0.4) is 0 Å². The number of nitrogens with zero attached hydrogens (tertiary/aromatic N) is 4. The van der Waals surface area contributed by atoms with E-state index in [9.17, 15) is 72.9 Å². The van der Waals surface area contributed by atoms with Crippen molar-refractivity contribution in [2.45, 2.75) is 90.1 Å². The zero-order valence-electron chi connectivity index (χ0n) is 33.5. The van der Waals surface area contributed by atoms with Crippen molar-refractivity contribution < 1.29 is 95.5 Å². The van der Waals surface area contributed by atoms with E-state index in [0.717, 1.165) is 29.0 Å². The number of aromatic nitrogens is 4. The molecule has 0 bridgehead atoms. The van der Waals surface area contributed by atoms with E-state index < -0.39 is 103 Å². The Bertz CT molecular complexity index is 2020. The number of thioether (sulfide) groups is 1. The number of anilines is 1. The highest BCUT2D eigenvalue weighted by Crippen LogP contribution is 2.56. The number of hydrogen-bond donors (Lipinski definition) is 6. The standard InChI is InChI=1S/C31H52N7O20P3S/c1-16(11-21(41)42)5-6-18(39)17(2)30(46)62-10-9-33-20(40)7-8-34-28(45)25(44)31(3,4)13-55-61(52,53)58-60(50,51)54-12-19-24(57-59(47,48)49)23(43)29(56-19)38-15-37-22-26(32)35-14-36-27(22)38/h14-19,23-25,29,39,43-44H,5-13H2,1-4H3,(H,33,40)(H,34,45)(H,41,42)(H,50,51)(H,52,53)(H2,32,35,36)(H2,47,48,49)/p-5/t16?,17?,18?,19-,23+,24-,25+,29-/m1/s1. The maximum atomic E-state index is 12.6. The van der Waals surface area contributed by atoms with Crippen molar-refractivity contribution in [3.8, 4) is 0 Å². The van der Waals surface area contributed by atoms with Crippen LogP contribution < -0.4 is 41.0 Å². The first-order chi connectivity index (χ1) is 28.6. The lowest BCUT2D eigenvalue weighted by Gasteiger charge is -2.36. The van der Waals surface area contributed by atoms with Crippen LogP contribution in [0, 0.1) is 17.3 Å². The Hall–Kier alpha value is -3.01. The molecule has 1 aliphatic heterocycles. The second-order valence-electron chi connectivity index (χ2n) is 14.8. The molecule has 1 fully saturated rings. The van der Waals surface area contributed by atoms with Gasteiger partial charge in [0, 0.05) is 36.6 Å². The highest BCUT2D eigenvalue weighted by molar-refractivity contribution is 8.13. The van der Waals surface area contributed by atoms with Crippen molar-refractivity contribution in [1.82, 2.24) is 30.2 Å². The number of carboxylic acids is 1. The Morgan fingerprint density at radius 3 is 2.32 bits per heavy atom. The van der Waals surface area contributed by atoms with Crippen molar-refractivity contribution in [1.29, 1.82) is 0 Å². The molecule has 0 aliphatic carbocycles. The van der Waals surface area contributed by atoms with Gasteiger partial charge in [-0.3, -0.25) is 28.1 Å². The maximum Gasteiger partial charge on any atom is 0.274 e. The largest absolute Gasteiger partial charge is 0.790 e. The van der Waals surface area contributed by atoms with Crippen LogP contribution in [0.15, 0.2) is 12.7 Å². The van der Waals surface area contributed by atoms with Crippen LogP contribution in [0.1, 0.15) is 59.6 Å². The fourth-order valence-electron chi connectivity index (χ4n) is 5.64. The summed E-state index contributed by atoms with van der Waals surface area (Å²) in [6.45, 7) is 2.99. The predicted molar refractivity (Wildman–Crippen MR) is 201 cm³/mol. The Morgan fingerprint density at radius 1 is 1.02 bits per heavy atom. The molecule has 5 unspecified atom stereocenters. The van der Waals surface area contributed by atoms with Gasteiger partial charge in [0.25, 0.3) is 15.6 Å². The number of imidazole rings is 1. The second kappa shape index (κ2) is 22.7. The van der Waals surface area contributed by atoms with E-state index in [4.69, 9.17) is 10.5 Å². The van der Waals surface area contributed by atoms with Crippen molar-refractivity contribution >= 4 is 75.1 Å². The molecule has 0 radical (unpaired) electrons. The minimum atomic E-state index is -5.95. The highest BCUT2D eigenvalue weighted by atomic mass is 32.2. The number of phosphoric acid groups is 3. The third-order valence-electron chi connectivity index (χ3n) is 9.14. The van der Waals surface area contributed by atoms with Gasteiger partial charge >= 0.3 is 0 Å². The second-order valence-corrected chi connectivity index (χ2v) is 19.9. The van der Waals surface area contributed by atoms with Crippen LogP contribution in [-0.4, -0.2) is 120 Å². The molecule has 1 saturated heterocycles. The van der Waals surface area contributed by atoms with Gasteiger partial charge < -0.3 is 84.0 Å². The van der Waals surface area contributed by atoms with Crippen LogP contribution in [-0.2, 0) is 55.5 Å². The lowest BCUT2D eigenvalue weighted by molar-refractivity contribution is -0.347. The Morgan fingerprint density at radius 2 is 1.68 bits per heavy atom. The average Bonchev–Trinajstić information content (AvgIpc) is 3.72. The molecule has 3 rings (SSSR count). The van der Waals surface area contributed by atoms with Crippen molar-refractivity contribution in [2.75, 3.05) is 37.8 Å². The Kier molecular flexibility index (Phi) is 19.6. The van der Waals surface area contributed by atoms with E-state index in [0.29, 0.717) is 6.42 Å². The molecule has 0 aromatic carbocycles. The molecule has 27 nitrogen and oxygen atoms in total. The SMILES string of the molecule is CC(CCC(O)C(C)C(=O)SCCNC(=O)CCNC(=O)[C@H](O)C(C)(C)COP(=O)([O-])OP(=O)([O-])OC[C@H]1O[C@@H](n2cnc3c(N)ncnc32)[C@@H](O)[C@@H]1OP(=O)([O-])[O-])CC(=O)[O-]. The summed E-state index contributed by atoms with van der Waals surface area (Å²) in [6.07, 6.45) is -8.37. The lowest BCUT2D eigenvalue weighted by Crippen LogP contribution is -2.46. The number of aliphatic carboxylic acids is 1. The van der Waals surface area contributed by atoms with Crippen LogP contribution in [0.2, 0.25) is 0 Å². The minimum Gasteiger partial charge on any atom is -0.790 e. The molecule has 352 valence electrons. The Balaban J connectivity index is 1.43. The summed E-state index contributed by atoms with van der Waals surface area (Å²) in [7, 11) is -17.7. The zero-order valence-corrected chi connectivity index (χ0v) is 37.0. The van der Waals surface area contributed by atoms with Crippen LogP contribution in [0.4, 0.5) is 5.82 Å². The molecule has 62 heavy (non-hydrogen) atoms. The molecular weight excluding hydrogens is 915 g/mol. The lowest BCUT2D eigenvalue weighted by atomic mass is 9.87. The summed E-state index contributed by atoms with van der Waals surface area (Å²) in [5.41, 5.74) is 3.99. The molecule has 0 saturated carbocycles. The molecule has 2 aromatic heterocycles. The monoisotopic (exact) mass is 962 g/mol. The predicted octanol–water partition coefficient (Wildman–Crippen LogP) is -4.31. The molecule has 7 N–H and O–H groups in total. The van der Waals surface area contributed by atoms with Gasteiger partial charge in [-0.2, -0.15) is 0 Å². The van der Waals surface area contributed by atoms with Gasteiger partial charge in [-0.1, -0.05) is 39.5 Å². The summed E-state index contributed by atoms with van der Waals surface area (Å²) in [5, 5.41) is 46.8. The third-order valence-corrected chi connectivity index (χ3v) is 13.2. The quantitative estimate of drug-likeness (QED) is 0.0384. The number of amides is 2. The number of carbonyl (C=O) groups is 4. The van der Waals surface area contributed by atoms with E-state index in [2.05, 4.69) is 43.5 Å². The normalized spacial score (nSPS) is 22.2. The molecule has 0 spiro atoms. The number of fused-ring (bicyclic) bond motifs is 1. The van der Waals surface area contributed by atoms with E-state index in [1.165, 1.54) is 20.8 Å². The van der Waals surface area contributed by atoms with E-state index in [-0.39, 0.29) is 66.1 Å². The minimum absolute atomic E-state index is 0.0297. The number of ether oxygens (including phenoxy) is 1. The molecule has 3 heterocycles. The summed E-state index contributed by atoms with van der Waals surface area (Å²) in [6, 6.07) is 0. The zero-order chi connectivity index (χ0) is 46.8. The number of phosphoric ester groups is 3. The first kappa shape index (κ1) is 53.3. The van der Waals surface area contributed by atoms with Gasteiger partial charge in [0.1, 0.15) is 36.3 Å². The highest BCUT2D eigenvalue weighted by Gasteiger charge is 2.47. The number of hydrogen-bond acceptors (Lipinski definition) is 25. The third kappa shape index (κ3) is 16.5. The molecule has 31 heteroatoms. The molecular formula is C31H47N7O20P3S-5. The fraction of sp³-hybridized carbons (Fsp3) is 0.710. The van der Waals surface area contributed by atoms with Crippen molar-refractivity contribution in [3.05, 3.63) is 12.7 Å². The van der Waals surface area contributed by atoms with E-state index in [1.54, 1.807) is 6.92 Å². The topological polar surface area (TPSA) is 435 Å². The van der Waals surface area contributed by atoms with E-state index >= 15 is 0 Å². The summed E-state index contributed by atoms with van der Waals surface area (Å²) >= 11 is 0.876. The molecule has 1 aliphatic rings. The average molecular weight is 963 g/mol. The van der Waals surface area contributed by atoms with Crippen molar-refractivity contribution in [2.24, 2.45) is 17.3 Å². The molecule has 2 aromatic rings. The number of carboxylic acid groups (broad SMARTS) is 1. The van der Waals surface area contributed by atoms with Crippen LogP contribution in [0.25, 0.3) is 11.2 Å². The number of nitrogens with one attached hydrogen (secondary N) is 2. The van der Waals surface area contributed by atoms with Gasteiger partial charge in [0.15, 0.2) is 22.8 Å². The number of nitrogen functional groups attached to an aromatic ring is 1. The van der Waals surface area contributed by atoms with Crippen LogP contribution >= 0.6 is 35.2 Å². The number of rotatable bonds is 26. The number of aliphatic hydroxyl groups excluding tert-OH is 3. The molecule has 2 amide bonds. The summed E-state index contributed by atoms with van der Waals surface area (Å²) in [4.78, 5) is 107. The summed E-state index contributed by atoms with van der Waals surface area (Å²) in [5.74, 6) is -3.72. The van der Waals surface area contributed by atoms with Gasteiger partial charge in [-0.15, -0.1) is 0 Å². The smallest absolute Gasteiger partial charge is 0.274 e. The van der Waals surface area contributed by atoms with Gasteiger partial charge in [-0.25, -0.2) is 19.3 Å². The first-order valence-corrected chi connectivity index (χ1v) is 23.9. The first-order valence-electron chi connectivity index (χ1n) is 18.5. The Labute approximate surface area is 357 Å². The van der Waals surface area contributed by atoms with Gasteiger partial charge in [0.2, 0.25) is 11.8 Å². The fourth-order valence-corrected chi connectivity index (χ4v) is 9.20. The number of carbonyl (C=O) groups excluding carboxylic acids is 4. The maximum absolute atomic E-state index is 12.6. The number of nitrogens with two attached hydrogens (primary N) is 1. The number of aliphatic hydroxyl groups is 3. The van der Waals surface area contributed by atoms with Crippen LogP contribution in [0.5, 0.6) is 0 Å². The van der Waals surface area contributed by atoms with Gasteiger partial charge in [0.05, 0.1) is 39.4 Å². The molecule has 10 atom stereocenters. The van der Waals surface area contributed by atoms with Gasteiger partial charge in [-0.05, 0) is 25.2 Å². The van der Waals surface area contributed by atoms with E-state index in [1.807, 2.05) is 0 Å². The summed E-state index contributed by atoms with van der Waals surface area (Å²) < 4.78 is 60.5.